The minimum Gasteiger partial charge on any atom is -0.383 e. The fourth-order valence-electron chi connectivity index (χ4n) is 2.47. The van der Waals surface area contributed by atoms with E-state index >= 15 is 0 Å². The Kier molecular flexibility index (Phi) is 6.11. The third-order valence-electron chi connectivity index (χ3n) is 3.75. The maximum Gasteiger partial charge on any atom is 0.254 e. The topological polar surface area (TPSA) is 87.7 Å². The maximum absolute atomic E-state index is 12.6. The van der Waals surface area contributed by atoms with Crippen molar-refractivity contribution >= 4 is 15.9 Å². The Morgan fingerprint density at radius 3 is 2.96 bits per heavy atom. The molecule has 0 unspecified atom stereocenters. The van der Waals surface area contributed by atoms with Crippen molar-refractivity contribution in [2.24, 2.45) is 0 Å². The molecule has 2 rings (SSSR count). The number of benzene rings is 1. The molecule has 1 saturated heterocycles. The molecule has 1 aliphatic heterocycles. The lowest BCUT2D eigenvalue weighted by Crippen LogP contribution is -2.52. The molecule has 0 aromatic heterocycles. The van der Waals surface area contributed by atoms with E-state index in [2.05, 4.69) is 10.0 Å². The number of amides is 1. The average Bonchev–Trinajstić information content (AvgIpc) is 2.55. The summed E-state index contributed by atoms with van der Waals surface area (Å²) in [6.07, 6.45) is 0. The lowest BCUT2D eigenvalue weighted by Gasteiger charge is -2.34. The number of hydrogen-bond donors (Lipinski definition) is 2. The van der Waals surface area contributed by atoms with Gasteiger partial charge in [-0.25, -0.2) is 13.1 Å². The van der Waals surface area contributed by atoms with E-state index in [1.807, 2.05) is 6.92 Å². The quantitative estimate of drug-likeness (QED) is 0.714. The SMILES string of the molecule is COCCNS(=O)(=O)c1cccc(C(=O)N2CCNC[C@H]2C)c1. The summed E-state index contributed by atoms with van der Waals surface area (Å²) in [7, 11) is -2.14. The zero-order valence-electron chi connectivity index (χ0n) is 13.4. The lowest BCUT2D eigenvalue weighted by atomic mass is 10.1. The number of piperazine rings is 1. The Bertz CT molecular complexity index is 648. The normalized spacial score (nSPS) is 18.9. The van der Waals surface area contributed by atoms with Crippen LogP contribution in [0.5, 0.6) is 0 Å². The summed E-state index contributed by atoms with van der Waals surface area (Å²) in [6.45, 7) is 4.54. The summed E-state index contributed by atoms with van der Waals surface area (Å²) in [5.74, 6) is -0.145. The van der Waals surface area contributed by atoms with E-state index in [0.717, 1.165) is 13.1 Å². The van der Waals surface area contributed by atoms with Gasteiger partial charge >= 0.3 is 0 Å². The number of methoxy groups -OCH3 is 1. The summed E-state index contributed by atoms with van der Waals surface area (Å²) in [6, 6.07) is 6.21. The molecule has 0 saturated carbocycles. The molecule has 1 aromatic carbocycles. The highest BCUT2D eigenvalue weighted by Gasteiger charge is 2.25. The molecule has 8 heteroatoms. The first-order valence-corrected chi connectivity index (χ1v) is 9.04. The Morgan fingerprint density at radius 1 is 1.48 bits per heavy atom. The van der Waals surface area contributed by atoms with E-state index < -0.39 is 10.0 Å². The molecule has 2 N–H and O–H groups in total. The van der Waals surface area contributed by atoms with Crippen LogP contribution in [0.25, 0.3) is 0 Å². The molecule has 1 amide bonds. The van der Waals surface area contributed by atoms with Crippen LogP contribution in [0, 0.1) is 0 Å². The summed E-state index contributed by atoms with van der Waals surface area (Å²) in [5, 5.41) is 3.22. The van der Waals surface area contributed by atoms with Crippen LogP contribution in [-0.2, 0) is 14.8 Å². The molecule has 1 aromatic rings. The van der Waals surface area contributed by atoms with Gasteiger partial charge in [0.25, 0.3) is 5.91 Å². The van der Waals surface area contributed by atoms with Crippen LogP contribution < -0.4 is 10.0 Å². The Labute approximate surface area is 137 Å². The first kappa shape index (κ1) is 17.9. The maximum atomic E-state index is 12.6. The molecule has 1 heterocycles. The monoisotopic (exact) mass is 341 g/mol. The Hall–Kier alpha value is -1.48. The highest BCUT2D eigenvalue weighted by atomic mass is 32.2. The molecule has 1 aliphatic rings. The third-order valence-corrected chi connectivity index (χ3v) is 5.21. The van der Waals surface area contributed by atoms with E-state index in [1.54, 1.807) is 17.0 Å². The van der Waals surface area contributed by atoms with Crippen molar-refractivity contribution < 1.29 is 17.9 Å². The molecule has 0 aliphatic carbocycles. The molecule has 1 atom stereocenters. The van der Waals surface area contributed by atoms with Crippen LogP contribution in [0.1, 0.15) is 17.3 Å². The van der Waals surface area contributed by atoms with Crippen molar-refractivity contribution in [2.75, 3.05) is 39.9 Å². The summed E-state index contributed by atoms with van der Waals surface area (Å²) >= 11 is 0. The van der Waals surface area contributed by atoms with E-state index in [-0.39, 0.29) is 30.0 Å². The van der Waals surface area contributed by atoms with Crippen LogP contribution in [0.4, 0.5) is 0 Å². The van der Waals surface area contributed by atoms with Gasteiger partial charge in [-0.1, -0.05) is 6.07 Å². The minimum atomic E-state index is -3.65. The van der Waals surface area contributed by atoms with Crippen LogP contribution in [0.3, 0.4) is 0 Å². The molecular formula is C15H23N3O4S. The average molecular weight is 341 g/mol. The predicted octanol–water partition coefficient (Wildman–Crippen LogP) is 0.0452. The molecule has 0 spiro atoms. The van der Waals surface area contributed by atoms with E-state index in [9.17, 15) is 13.2 Å². The fraction of sp³-hybridized carbons (Fsp3) is 0.533. The van der Waals surface area contributed by atoms with E-state index in [1.165, 1.54) is 19.2 Å². The van der Waals surface area contributed by atoms with Gasteiger partial charge in [-0.05, 0) is 25.1 Å². The van der Waals surface area contributed by atoms with Crippen molar-refractivity contribution in [3.63, 3.8) is 0 Å². The number of carbonyl (C=O) groups excluding carboxylic acids is 1. The highest BCUT2D eigenvalue weighted by Crippen LogP contribution is 2.15. The zero-order valence-corrected chi connectivity index (χ0v) is 14.2. The van der Waals surface area contributed by atoms with Crippen LogP contribution in [0.2, 0.25) is 0 Å². The summed E-state index contributed by atoms with van der Waals surface area (Å²) in [4.78, 5) is 14.5. The number of hydrogen-bond acceptors (Lipinski definition) is 5. The number of nitrogens with zero attached hydrogens (tertiary/aromatic N) is 1. The van der Waals surface area contributed by atoms with Gasteiger partial charge in [0.05, 0.1) is 11.5 Å². The zero-order chi connectivity index (χ0) is 16.9. The van der Waals surface area contributed by atoms with Gasteiger partial charge in [0.15, 0.2) is 0 Å². The Morgan fingerprint density at radius 2 is 2.26 bits per heavy atom. The standard InChI is InChI=1S/C15H23N3O4S/c1-12-11-16-6-8-18(12)15(19)13-4-3-5-14(10-13)23(20,21)17-7-9-22-2/h3-5,10,12,16-17H,6-9,11H2,1-2H3/t12-/m1/s1. The first-order valence-electron chi connectivity index (χ1n) is 7.56. The largest absolute Gasteiger partial charge is 0.383 e. The van der Waals surface area contributed by atoms with Gasteiger partial charge in [0.1, 0.15) is 0 Å². The Balaban J connectivity index is 2.17. The van der Waals surface area contributed by atoms with Crippen LogP contribution in [0.15, 0.2) is 29.2 Å². The number of nitrogens with one attached hydrogen (secondary N) is 2. The second kappa shape index (κ2) is 7.87. The van der Waals surface area contributed by atoms with Crippen LogP contribution in [-0.4, -0.2) is 65.2 Å². The van der Waals surface area contributed by atoms with Crippen LogP contribution >= 0.6 is 0 Å². The molecular weight excluding hydrogens is 318 g/mol. The fourth-order valence-corrected chi connectivity index (χ4v) is 3.52. The van der Waals surface area contributed by atoms with Crippen molar-refractivity contribution in [1.82, 2.24) is 14.9 Å². The lowest BCUT2D eigenvalue weighted by molar-refractivity contribution is 0.0655. The molecule has 128 valence electrons. The number of carbonyl (C=O) groups is 1. The molecule has 0 bridgehead atoms. The summed E-state index contributed by atoms with van der Waals surface area (Å²) in [5.41, 5.74) is 0.383. The summed E-state index contributed by atoms with van der Waals surface area (Å²) < 4.78 is 31.7. The minimum absolute atomic E-state index is 0.0799. The van der Waals surface area contributed by atoms with E-state index in [4.69, 9.17) is 4.74 Å². The van der Waals surface area contributed by atoms with Crippen molar-refractivity contribution in [3.8, 4) is 0 Å². The highest BCUT2D eigenvalue weighted by molar-refractivity contribution is 7.89. The second-order valence-corrected chi connectivity index (χ2v) is 7.24. The smallest absolute Gasteiger partial charge is 0.254 e. The molecule has 7 nitrogen and oxygen atoms in total. The molecule has 1 fully saturated rings. The first-order chi connectivity index (χ1) is 11.0. The second-order valence-electron chi connectivity index (χ2n) is 5.47. The van der Waals surface area contributed by atoms with Gasteiger partial charge < -0.3 is 15.0 Å². The molecule has 23 heavy (non-hydrogen) atoms. The van der Waals surface area contributed by atoms with Crippen molar-refractivity contribution in [1.29, 1.82) is 0 Å². The molecule has 0 radical (unpaired) electrons. The number of ether oxygens (including phenoxy) is 1. The number of rotatable bonds is 6. The predicted molar refractivity (Wildman–Crippen MR) is 86.9 cm³/mol. The van der Waals surface area contributed by atoms with E-state index in [0.29, 0.717) is 12.1 Å². The van der Waals surface area contributed by atoms with Gasteiger partial charge in [-0.3, -0.25) is 4.79 Å². The van der Waals surface area contributed by atoms with Crippen molar-refractivity contribution in [3.05, 3.63) is 29.8 Å². The van der Waals surface area contributed by atoms with Gasteiger partial charge in [-0.15, -0.1) is 0 Å². The third kappa shape index (κ3) is 4.51. The van der Waals surface area contributed by atoms with Gasteiger partial charge in [-0.2, -0.15) is 0 Å². The van der Waals surface area contributed by atoms with Gasteiger partial charge in [0, 0.05) is 44.9 Å². The van der Waals surface area contributed by atoms with Gasteiger partial charge in [0.2, 0.25) is 10.0 Å². The van der Waals surface area contributed by atoms with Crippen molar-refractivity contribution in [2.45, 2.75) is 17.9 Å². The number of sulfonamides is 1.